The quantitative estimate of drug-likeness (QED) is 0.481. The van der Waals surface area contributed by atoms with Gasteiger partial charge in [-0.3, -0.25) is 5.01 Å². The van der Waals surface area contributed by atoms with Crippen LogP contribution in [0.2, 0.25) is 0 Å². The molecule has 4 heteroatoms. The molecule has 0 aromatic carbocycles. The summed E-state index contributed by atoms with van der Waals surface area (Å²) in [5, 5.41) is 1.93. The van der Waals surface area contributed by atoms with E-state index in [1.54, 1.807) is 6.26 Å². The number of nitrogens with zero attached hydrogens (tertiary/aromatic N) is 1. The van der Waals surface area contributed by atoms with Crippen LogP contribution in [0.15, 0.2) is 12.0 Å². The summed E-state index contributed by atoms with van der Waals surface area (Å²) in [6.45, 7) is 2.30. The fourth-order valence-electron chi connectivity index (χ4n) is 0.914. The van der Waals surface area contributed by atoms with Crippen LogP contribution >= 0.6 is 0 Å². The van der Waals surface area contributed by atoms with Crippen molar-refractivity contribution in [2.75, 3.05) is 19.8 Å². The molecule has 2 heterocycles. The topological polar surface area (TPSA) is 33.7 Å². The first-order valence-corrected chi connectivity index (χ1v) is 2.92. The van der Waals surface area contributed by atoms with Crippen LogP contribution in [0, 0.1) is 0 Å². The van der Waals surface area contributed by atoms with Gasteiger partial charge in [0.05, 0.1) is 25.5 Å². The van der Waals surface area contributed by atoms with E-state index in [9.17, 15) is 0 Å². The molecule has 1 fully saturated rings. The maximum atomic E-state index is 5.15. The highest BCUT2D eigenvalue weighted by atomic mass is 16.7. The monoisotopic (exact) mass is 128 g/mol. The second-order valence-electron chi connectivity index (χ2n) is 2.02. The van der Waals surface area contributed by atoms with Crippen molar-refractivity contribution in [1.29, 1.82) is 0 Å². The third-order valence-corrected chi connectivity index (χ3v) is 1.41. The van der Waals surface area contributed by atoms with Crippen molar-refractivity contribution in [2.24, 2.45) is 0 Å². The molecule has 0 unspecified atom stereocenters. The Bertz CT molecular complexity index is 146. The Kier molecular flexibility index (Phi) is 1.07. The summed E-state index contributed by atoms with van der Waals surface area (Å²) in [5.74, 6) is 0. The fraction of sp³-hybridized carbons (Fsp3) is 0.600. The van der Waals surface area contributed by atoms with E-state index in [0.717, 1.165) is 18.8 Å². The van der Waals surface area contributed by atoms with Gasteiger partial charge in [-0.15, -0.1) is 0 Å². The van der Waals surface area contributed by atoms with Crippen molar-refractivity contribution in [3.8, 4) is 0 Å². The predicted octanol–water partition coefficient (Wildman–Crippen LogP) is -0.390. The lowest BCUT2D eigenvalue weighted by atomic mass is 10.4. The molecule has 0 atom stereocenters. The first-order valence-electron chi connectivity index (χ1n) is 2.92. The van der Waals surface area contributed by atoms with Crippen LogP contribution in [0.3, 0.4) is 0 Å². The Hall–Kier alpha value is -0.740. The molecular weight excluding hydrogens is 120 g/mol. The Balaban J connectivity index is 2.09. The Morgan fingerprint density at radius 3 is 3.56 bits per heavy atom. The fourth-order valence-corrected chi connectivity index (χ4v) is 0.914. The van der Waals surface area contributed by atoms with Crippen LogP contribution in [0.25, 0.3) is 0 Å². The zero-order valence-electron chi connectivity index (χ0n) is 4.96. The molecule has 1 saturated heterocycles. The van der Waals surface area contributed by atoms with Gasteiger partial charge in [0.1, 0.15) is 6.26 Å². The molecule has 0 spiro atoms. The van der Waals surface area contributed by atoms with Gasteiger partial charge in [0, 0.05) is 0 Å². The van der Waals surface area contributed by atoms with Gasteiger partial charge in [-0.1, -0.05) is 5.59 Å². The first-order chi connectivity index (χ1) is 4.47. The summed E-state index contributed by atoms with van der Waals surface area (Å²) in [7, 11) is 0. The molecule has 0 aromatic rings. The van der Waals surface area contributed by atoms with Crippen molar-refractivity contribution in [3.05, 3.63) is 12.0 Å². The van der Waals surface area contributed by atoms with Gasteiger partial charge in [0.15, 0.2) is 0 Å². The summed E-state index contributed by atoms with van der Waals surface area (Å²) >= 11 is 0. The van der Waals surface area contributed by atoms with Gasteiger partial charge in [-0.2, -0.15) is 0 Å². The zero-order valence-corrected chi connectivity index (χ0v) is 4.96. The molecule has 2 rings (SSSR count). The molecule has 2 aliphatic rings. The molecule has 1 N–H and O–H groups in total. The van der Waals surface area contributed by atoms with E-state index in [4.69, 9.17) is 9.57 Å². The van der Waals surface area contributed by atoms with Gasteiger partial charge < -0.3 is 9.57 Å². The van der Waals surface area contributed by atoms with Gasteiger partial charge in [0.25, 0.3) is 0 Å². The van der Waals surface area contributed by atoms with Crippen LogP contribution < -0.4 is 5.59 Å². The molecule has 0 bridgehead atoms. The molecule has 4 nitrogen and oxygen atoms in total. The lowest BCUT2D eigenvalue weighted by molar-refractivity contribution is -0.0145. The number of ether oxygens (including phenoxy) is 1. The van der Waals surface area contributed by atoms with E-state index >= 15 is 0 Å². The van der Waals surface area contributed by atoms with Crippen molar-refractivity contribution in [1.82, 2.24) is 10.6 Å². The molecule has 0 amide bonds. The molecule has 0 aliphatic carbocycles. The summed E-state index contributed by atoms with van der Waals surface area (Å²) in [6, 6.07) is 0. The van der Waals surface area contributed by atoms with Gasteiger partial charge in [-0.05, 0) is 0 Å². The Morgan fingerprint density at radius 1 is 1.67 bits per heavy atom. The third-order valence-electron chi connectivity index (χ3n) is 1.41. The van der Waals surface area contributed by atoms with Crippen LogP contribution in [0.5, 0.6) is 0 Å². The minimum atomic E-state index is 0.660. The summed E-state index contributed by atoms with van der Waals surface area (Å²) < 4.78 is 5.15. The molecule has 0 radical (unpaired) electrons. The van der Waals surface area contributed by atoms with E-state index < -0.39 is 0 Å². The largest absolute Gasteiger partial charge is 0.395 e. The lowest BCUT2D eigenvalue weighted by Crippen LogP contribution is -2.38. The molecule has 0 saturated carbocycles. The van der Waals surface area contributed by atoms with Gasteiger partial charge in [-0.25, -0.2) is 0 Å². The summed E-state index contributed by atoms with van der Waals surface area (Å²) in [6.07, 6.45) is 1.67. The third kappa shape index (κ3) is 0.760. The number of hydrogen-bond acceptors (Lipinski definition) is 4. The highest BCUT2D eigenvalue weighted by Crippen LogP contribution is 2.11. The van der Waals surface area contributed by atoms with E-state index in [2.05, 4.69) is 5.59 Å². The normalized spacial score (nSPS) is 24.9. The molecule has 0 aromatic heterocycles. The average molecular weight is 128 g/mol. The number of hydrazine groups is 1. The summed E-state index contributed by atoms with van der Waals surface area (Å²) in [4.78, 5) is 4.83. The Labute approximate surface area is 53.0 Å². The number of rotatable bonds is 0. The van der Waals surface area contributed by atoms with E-state index in [1.807, 2.05) is 5.01 Å². The molecule has 9 heavy (non-hydrogen) atoms. The maximum absolute atomic E-state index is 5.15. The standard InChI is InChI=1S/C5H8N2O2/c1-2-8-3-5-4-9-6-7(1)5/h4,6H,1-3H2. The second kappa shape index (κ2) is 1.89. The SMILES string of the molecule is C1=C2COCCN2NO1. The van der Waals surface area contributed by atoms with Crippen molar-refractivity contribution < 1.29 is 9.57 Å². The highest BCUT2D eigenvalue weighted by Gasteiger charge is 2.19. The minimum Gasteiger partial charge on any atom is -0.395 e. The maximum Gasteiger partial charge on any atom is 0.136 e. The minimum absolute atomic E-state index is 0.660. The van der Waals surface area contributed by atoms with Crippen molar-refractivity contribution in [3.63, 3.8) is 0 Å². The van der Waals surface area contributed by atoms with E-state index in [1.165, 1.54) is 0 Å². The van der Waals surface area contributed by atoms with E-state index in [-0.39, 0.29) is 0 Å². The van der Waals surface area contributed by atoms with Crippen LogP contribution in [-0.4, -0.2) is 24.8 Å². The van der Waals surface area contributed by atoms with E-state index in [0.29, 0.717) is 6.61 Å². The number of nitrogens with one attached hydrogen (secondary N) is 1. The highest BCUT2D eigenvalue weighted by molar-refractivity contribution is 5.00. The first kappa shape index (κ1) is 5.08. The van der Waals surface area contributed by atoms with Crippen molar-refractivity contribution in [2.45, 2.75) is 0 Å². The molecular formula is C5H8N2O2. The average Bonchev–Trinajstić information content (AvgIpc) is 2.33. The number of fused-ring (bicyclic) bond motifs is 1. The number of hydrogen-bond donors (Lipinski definition) is 1. The summed E-state index contributed by atoms with van der Waals surface area (Å²) in [5.41, 5.74) is 3.79. The van der Waals surface area contributed by atoms with Gasteiger partial charge >= 0.3 is 0 Å². The number of morpholine rings is 1. The van der Waals surface area contributed by atoms with Crippen LogP contribution in [-0.2, 0) is 9.57 Å². The molecule has 50 valence electrons. The van der Waals surface area contributed by atoms with Crippen LogP contribution in [0.4, 0.5) is 0 Å². The predicted molar refractivity (Wildman–Crippen MR) is 29.8 cm³/mol. The smallest absolute Gasteiger partial charge is 0.136 e. The van der Waals surface area contributed by atoms with Crippen molar-refractivity contribution >= 4 is 0 Å². The van der Waals surface area contributed by atoms with Gasteiger partial charge in [0.2, 0.25) is 0 Å². The second-order valence-corrected chi connectivity index (χ2v) is 2.02. The van der Waals surface area contributed by atoms with Crippen LogP contribution in [0.1, 0.15) is 0 Å². The zero-order chi connectivity index (χ0) is 6.10. The molecule has 2 aliphatic heterocycles. The Morgan fingerprint density at radius 2 is 2.67 bits per heavy atom. The lowest BCUT2D eigenvalue weighted by Gasteiger charge is -2.23.